The molecule has 0 spiro atoms. The van der Waals surface area contributed by atoms with Crippen LogP contribution in [0.3, 0.4) is 0 Å². The largest absolute Gasteiger partial charge is 0.534 e. The second-order valence-electron chi connectivity index (χ2n) is 12.0. The van der Waals surface area contributed by atoms with Crippen molar-refractivity contribution in [3.8, 4) is 5.75 Å². The Labute approximate surface area is 231 Å². The summed E-state index contributed by atoms with van der Waals surface area (Å²) >= 11 is 0. The van der Waals surface area contributed by atoms with Gasteiger partial charge < -0.3 is 14.1 Å². The molecule has 0 aliphatic carbocycles. The molecule has 0 saturated carbocycles. The molecule has 2 heterocycles. The second kappa shape index (κ2) is 9.68. The summed E-state index contributed by atoms with van der Waals surface area (Å²) in [6.07, 6.45) is -0.705. The normalized spacial score (nSPS) is 15.4. The van der Waals surface area contributed by atoms with Crippen LogP contribution in [0.2, 0.25) is 5.04 Å². The molecule has 3 aromatic carbocycles. The van der Waals surface area contributed by atoms with Gasteiger partial charge >= 0.3 is 14.4 Å². The summed E-state index contributed by atoms with van der Waals surface area (Å²) in [5.41, 5.74) is 0.929. The molecule has 8 heteroatoms. The van der Waals surface area contributed by atoms with Crippen molar-refractivity contribution >= 4 is 42.3 Å². The van der Waals surface area contributed by atoms with Crippen molar-refractivity contribution in [3.63, 3.8) is 0 Å². The first-order valence-corrected chi connectivity index (χ1v) is 15.1. The Morgan fingerprint density at radius 1 is 0.846 bits per heavy atom. The van der Waals surface area contributed by atoms with E-state index >= 15 is 0 Å². The predicted molar refractivity (Wildman–Crippen MR) is 155 cm³/mol. The highest BCUT2D eigenvalue weighted by Crippen LogP contribution is 2.39. The topological polar surface area (TPSA) is 71.4 Å². The molecular formula is C31H35N3O4Si. The molecular weight excluding hydrogens is 506 g/mol. The Kier molecular flexibility index (Phi) is 6.62. The highest BCUT2D eigenvalue weighted by atomic mass is 28.4. The number of hydrogen-bond acceptors (Lipinski definition) is 6. The van der Waals surface area contributed by atoms with Gasteiger partial charge in [0.25, 0.3) is 5.91 Å². The van der Waals surface area contributed by atoms with E-state index in [0.29, 0.717) is 18.2 Å². The van der Waals surface area contributed by atoms with Crippen molar-refractivity contribution in [3.05, 3.63) is 84.4 Å². The third-order valence-corrected chi connectivity index (χ3v) is 11.9. The van der Waals surface area contributed by atoms with E-state index in [1.54, 1.807) is 25.7 Å². The molecule has 2 aliphatic heterocycles. The zero-order chi connectivity index (χ0) is 28.0. The van der Waals surface area contributed by atoms with Gasteiger partial charge in [-0.2, -0.15) is 4.90 Å². The standard InChI is InChI=1S/C31H35N3O4Si/c1-30(2,3)37-29(36)34-27(35)21-33-20-22-19-23(17-18-26(22)32-28(33)34)38-39(31(4,5)6,24-13-9-7-10-14-24)25-15-11-8-12-16-25/h7-19H,20-21H2,1-6H3. The second-order valence-corrected chi connectivity index (χ2v) is 16.3. The molecule has 1 saturated heterocycles. The molecule has 5 rings (SSSR count). The van der Waals surface area contributed by atoms with Crippen LogP contribution in [-0.4, -0.2) is 48.2 Å². The van der Waals surface area contributed by atoms with Crippen LogP contribution in [0.25, 0.3) is 0 Å². The van der Waals surface area contributed by atoms with Crippen molar-refractivity contribution in [2.45, 2.75) is 58.7 Å². The van der Waals surface area contributed by atoms with Gasteiger partial charge in [-0.05, 0) is 54.4 Å². The van der Waals surface area contributed by atoms with Gasteiger partial charge in [0.2, 0.25) is 5.96 Å². The molecule has 1 fully saturated rings. The molecule has 0 atom stereocenters. The van der Waals surface area contributed by atoms with E-state index in [1.807, 2.05) is 30.3 Å². The molecule has 0 radical (unpaired) electrons. The number of ether oxygens (including phenoxy) is 1. The zero-order valence-electron chi connectivity index (χ0n) is 23.4. The predicted octanol–water partition coefficient (Wildman–Crippen LogP) is 5.21. The van der Waals surface area contributed by atoms with Crippen LogP contribution in [0.5, 0.6) is 5.75 Å². The average molecular weight is 542 g/mol. The average Bonchev–Trinajstić information content (AvgIpc) is 3.19. The fraction of sp³-hybridized carbons (Fsp3) is 0.323. The number of nitrogens with zero attached hydrogens (tertiary/aromatic N) is 3. The summed E-state index contributed by atoms with van der Waals surface area (Å²) in [5.74, 6) is 0.721. The van der Waals surface area contributed by atoms with Crippen LogP contribution in [0.1, 0.15) is 47.1 Å². The number of hydrogen-bond donors (Lipinski definition) is 0. The van der Waals surface area contributed by atoms with E-state index in [4.69, 9.17) is 14.2 Å². The third kappa shape index (κ3) is 4.96. The Morgan fingerprint density at radius 2 is 1.44 bits per heavy atom. The maximum absolute atomic E-state index is 12.8. The Hall–Kier alpha value is -3.91. The fourth-order valence-corrected chi connectivity index (χ4v) is 9.71. The van der Waals surface area contributed by atoms with Gasteiger partial charge in [0.05, 0.1) is 5.69 Å². The van der Waals surface area contributed by atoms with Crippen LogP contribution < -0.4 is 14.8 Å². The number of amides is 2. The molecule has 7 nitrogen and oxygen atoms in total. The van der Waals surface area contributed by atoms with E-state index in [2.05, 4.69) is 69.3 Å². The first-order chi connectivity index (χ1) is 18.4. The number of carbonyl (C=O) groups is 2. The summed E-state index contributed by atoms with van der Waals surface area (Å²) in [7, 11) is -2.79. The summed E-state index contributed by atoms with van der Waals surface area (Å²) in [4.78, 5) is 33.1. The summed E-state index contributed by atoms with van der Waals surface area (Å²) < 4.78 is 12.6. The minimum atomic E-state index is -2.79. The number of aliphatic imine (C=N–C) groups is 1. The van der Waals surface area contributed by atoms with E-state index in [9.17, 15) is 9.59 Å². The van der Waals surface area contributed by atoms with E-state index < -0.39 is 20.0 Å². The van der Waals surface area contributed by atoms with Crippen LogP contribution in [0, 0.1) is 0 Å². The molecule has 0 unspecified atom stereocenters. The Morgan fingerprint density at radius 3 is 1.97 bits per heavy atom. The number of guanidine groups is 1. The summed E-state index contributed by atoms with van der Waals surface area (Å²) in [5, 5.41) is 2.21. The molecule has 0 N–H and O–H groups in total. The SMILES string of the molecule is CC(C)(C)OC(=O)N1C(=O)CN2Cc3cc(O[Si](c4ccccc4)(c4ccccc4)C(C)(C)C)ccc3N=C21. The van der Waals surface area contributed by atoms with Crippen molar-refractivity contribution < 1.29 is 18.8 Å². The monoisotopic (exact) mass is 541 g/mol. The lowest BCUT2D eigenvalue weighted by Crippen LogP contribution is -2.68. The summed E-state index contributed by atoms with van der Waals surface area (Å²) in [6.45, 7) is 12.6. The van der Waals surface area contributed by atoms with Crippen LogP contribution in [-0.2, 0) is 16.1 Å². The van der Waals surface area contributed by atoms with Crippen molar-refractivity contribution in [1.82, 2.24) is 9.80 Å². The first kappa shape index (κ1) is 26.7. The molecule has 202 valence electrons. The van der Waals surface area contributed by atoms with Gasteiger partial charge in [-0.25, -0.2) is 9.79 Å². The molecule has 0 aromatic heterocycles. The Bertz CT molecular complexity index is 1390. The number of carbonyl (C=O) groups excluding carboxylic acids is 2. The maximum Gasteiger partial charge on any atom is 0.424 e. The van der Waals surface area contributed by atoms with Crippen LogP contribution in [0.15, 0.2) is 83.9 Å². The van der Waals surface area contributed by atoms with Crippen LogP contribution in [0.4, 0.5) is 10.5 Å². The van der Waals surface area contributed by atoms with Gasteiger partial charge in [-0.15, -0.1) is 0 Å². The number of imide groups is 1. The minimum absolute atomic E-state index is 0.0668. The maximum atomic E-state index is 12.8. The zero-order valence-corrected chi connectivity index (χ0v) is 24.4. The van der Waals surface area contributed by atoms with E-state index in [1.165, 1.54) is 10.4 Å². The Balaban J connectivity index is 1.54. The van der Waals surface area contributed by atoms with E-state index in [0.717, 1.165) is 16.2 Å². The number of rotatable bonds is 4. The van der Waals surface area contributed by atoms with Gasteiger partial charge in [0.1, 0.15) is 17.9 Å². The van der Waals surface area contributed by atoms with Crippen molar-refractivity contribution in [2.24, 2.45) is 4.99 Å². The molecule has 0 bridgehead atoms. The van der Waals surface area contributed by atoms with Gasteiger partial charge in [0.15, 0.2) is 0 Å². The molecule has 2 aliphatic rings. The van der Waals surface area contributed by atoms with Crippen molar-refractivity contribution in [1.29, 1.82) is 0 Å². The third-order valence-electron chi connectivity index (χ3n) is 6.95. The van der Waals surface area contributed by atoms with Crippen molar-refractivity contribution in [2.75, 3.05) is 6.54 Å². The fourth-order valence-electron chi connectivity index (χ4n) is 5.30. The number of benzene rings is 3. The minimum Gasteiger partial charge on any atom is -0.534 e. The van der Waals surface area contributed by atoms with Gasteiger partial charge in [0, 0.05) is 12.1 Å². The van der Waals surface area contributed by atoms with Gasteiger partial charge in [-0.3, -0.25) is 4.79 Å². The quantitative estimate of drug-likeness (QED) is 0.425. The highest BCUT2D eigenvalue weighted by Gasteiger charge is 2.52. The number of fused-ring (bicyclic) bond motifs is 2. The van der Waals surface area contributed by atoms with Crippen LogP contribution >= 0.6 is 0 Å². The molecule has 39 heavy (non-hydrogen) atoms. The van der Waals surface area contributed by atoms with E-state index in [-0.39, 0.29) is 17.5 Å². The lowest BCUT2D eigenvalue weighted by Gasteiger charge is -2.43. The van der Waals surface area contributed by atoms with Gasteiger partial charge in [-0.1, -0.05) is 81.4 Å². The first-order valence-electron chi connectivity index (χ1n) is 13.2. The lowest BCUT2D eigenvalue weighted by molar-refractivity contribution is -0.124. The molecule has 2 amide bonds. The molecule has 3 aromatic rings. The smallest absolute Gasteiger partial charge is 0.424 e. The summed E-state index contributed by atoms with van der Waals surface area (Å²) in [6, 6.07) is 26.9. The lowest BCUT2D eigenvalue weighted by atomic mass is 10.1. The highest BCUT2D eigenvalue weighted by molar-refractivity contribution is 7.00.